The minimum Gasteiger partial charge on any atom is -0.481 e. The van der Waals surface area contributed by atoms with E-state index in [-0.39, 0.29) is 18.4 Å². The average molecular weight is 240 g/mol. The number of likely N-dealkylation sites (tertiary alicyclic amines) is 1. The molecule has 17 heavy (non-hydrogen) atoms. The largest absolute Gasteiger partial charge is 0.481 e. The number of aliphatic carboxylic acids is 1. The van der Waals surface area contributed by atoms with Crippen LogP contribution >= 0.6 is 0 Å². The zero-order chi connectivity index (χ0) is 12.4. The summed E-state index contributed by atoms with van der Waals surface area (Å²) in [5.41, 5.74) is 0. The summed E-state index contributed by atoms with van der Waals surface area (Å²) in [7, 11) is 0. The molecule has 3 atom stereocenters. The van der Waals surface area contributed by atoms with Gasteiger partial charge in [0.05, 0.1) is 0 Å². The zero-order valence-corrected chi connectivity index (χ0v) is 10.2. The summed E-state index contributed by atoms with van der Waals surface area (Å²) < 4.78 is 0. The second kappa shape index (κ2) is 4.94. The number of carboxylic acids is 1. The fourth-order valence-electron chi connectivity index (χ4n) is 2.56. The van der Waals surface area contributed by atoms with Crippen LogP contribution in [0.15, 0.2) is 0 Å². The number of carboxylic acid groups (broad SMARTS) is 1. The maximum absolute atomic E-state index is 11.9. The minimum atomic E-state index is -0.773. The molecule has 1 aliphatic heterocycles. The molecule has 0 aromatic carbocycles. The lowest BCUT2D eigenvalue weighted by Gasteiger charge is -2.17. The van der Waals surface area contributed by atoms with Gasteiger partial charge in [0.2, 0.25) is 0 Å². The molecule has 2 amide bonds. The fourth-order valence-corrected chi connectivity index (χ4v) is 2.56. The Bertz CT molecular complexity index is 319. The standard InChI is InChI=1S/C12H20N2O3/c1-2-9-6-10(9)13-12(17)14-4-3-8(7-14)5-11(15)16/h8-10H,2-7H2,1H3,(H,13,17)(H,15,16). The first-order valence-electron chi connectivity index (χ1n) is 6.37. The highest BCUT2D eigenvalue weighted by Gasteiger charge is 2.38. The van der Waals surface area contributed by atoms with Gasteiger partial charge in [-0.15, -0.1) is 0 Å². The predicted octanol–water partition coefficient (Wildman–Crippen LogP) is 1.29. The number of rotatable bonds is 4. The number of hydrogen-bond donors (Lipinski definition) is 2. The van der Waals surface area contributed by atoms with Crippen molar-refractivity contribution in [2.45, 2.75) is 38.6 Å². The van der Waals surface area contributed by atoms with Gasteiger partial charge < -0.3 is 15.3 Å². The number of urea groups is 1. The normalized spacial score (nSPS) is 31.4. The summed E-state index contributed by atoms with van der Waals surface area (Å²) >= 11 is 0. The molecule has 1 aliphatic carbocycles. The lowest BCUT2D eigenvalue weighted by Crippen LogP contribution is -2.40. The molecular formula is C12H20N2O3. The summed E-state index contributed by atoms with van der Waals surface area (Å²) in [6.45, 7) is 3.41. The van der Waals surface area contributed by atoms with Gasteiger partial charge in [-0.05, 0) is 24.7 Å². The number of carbonyl (C=O) groups excluding carboxylic acids is 1. The third-order valence-corrected chi connectivity index (χ3v) is 3.79. The van der Waals surface area contributed by atoms with Crippen LogP contribution in [0.5, 0.6) is 0 Å². The Kier molecular flexibility index (Phi) is 3.54. The van der Waals surface area contributed by atoms with Gasteiger partial charge in [-0.3, -0.25) is 4.79 Å². The van der Waals surface area contributed by atoms with E-state index in [9.17, 15) is 9.59 Å². The molecule has 5 heteroatoms. The van der Waals surface area contributed by atoms with E-state index in [0.717, 1.165) is 19.3 Å². The number of amides is 2. The van der Waals surface area contributed by atoms with Gasteiger partial charge in [0, 0.05) is 25.6 Å². The molecular weight excluding hydrogens is 220 g/mol. The van der Waals surface area contributed by atoms with Crippen molar-refractivity contribution in [3.63, 3.8) is 0 Å². The molecule has 1 saturated heterocycles. The lowest BCUT2D eigenvalue weighted by atomic mass is 10.1. The van der Waals surface area contributed by atoms with E-state index < -0.39 is 5.97 Å². The Morgan fingerprint density at radius 2 is 2.24 bits per heavy atom. The maximum atomic E-state index is 11.9. The van der Waals surface area contributed by atoms with Crippen LogP contribution in [0.3, 0.4) is 0 Å². The molecule has 3 unspecified atom stereocenters. The van der Waals surface area contributed by atoms with Crippen LogP contribution in [-0.4, -0.2) is 41.1 Å². The number of hydrogen-bond acceptors (Lipinski definition) is 2. The molecule has 2 rings (SSSR count). The molecule has 0 radical (unpaired) electrons. The molecule has 2 fully saturated rings. The second-order valence-electron chi connectivity index (χ2n) is 5.16. The smallest absolute Gasteiger partial charge is 0.317 e. The Morgan fingerprint density at radius 1 is 1.47 bits per heavy atom. The van der Waals surface area contributed by atoms with Crippen molar-refractivity contribution in [3.8, 4) is 0 Å². The van der Waals surface area contributed by atoms with Crippen LogP contribution in [0.2, 0.25) is 0 Å². The Hall–Kier alpha value is -1.26. The molecule has 0 aromatic heterocycles. The van der Waals surface area contributed by atoms with Crippen LogP contribution in [0.1, 0.15) is 32.6 Å². The molecule has 0 bridgehead atoms. The third-order valence-electron chi connectivity index (χ3n) is 3.79. The van der Waals surface area contributed by atoms with E-state index in [1.807, 2.05) is 0 Å². The number of carbonyl (C=O) groups is 2. The SMILES string of the molecule is CCC1CC1NC(=O)N1CCC(CC(=O)O)C1. The van der Waals surface area contributed by atoms with E-state index in [0.29, 0.717) is 25.0 Å². The first-order chi connectivity index (χ1) is 8.10. The number of nitrogens with one attached hydrogen (secondary N) is 1. The van der Waals surface area contributed by atoms with Gasteiger partial charge in [0.25, 0.3) is 0 Å². The van der Waals surface area contributed by atoms with Crippen molar-refractivity contribution >= 4 is 12.0 Å². The molecule has 0 spiro atoms. The molecule has 96 valence electrons. The molecule has 1 saturated carbocycles. The maximum Gasteiger partial charge on any atom is 0.317 e. The first-order valence-corrected chi connectivity index (χ1v) is 6.37. The summed E-state index contributed by atoms with van der Waals surface area (Å²) in [5.74, 6) is 0.00120. The monoisotopic (exact) mass is 240 g/mol. The second-order valence-corrected chi connectivity index (χ2v) is 5.16. The van der Waals surface area contributed by atoms with Crippen molar-refractivity contribution in [1.82, 2.24) is 10.2 Å². The quantitative estimate of drug-likeness (QED) is 0.778. The van der Waals surface area contributed by atoms with E-state index in [1.54, 1.807) is 4.90 Å². The summed E-state index contributed by atoms with van der Waals surface area (Å²) in [6, 6.07) is 0.338. The number of nitrogens with zero attached hydrogens (tertiary/aromatic N) is 1. The summed E-state index contributed by atoms with van der Waals surface area (Å²) in [5, 5.41) is 11.7. The highest BCUT2D eigenvalue weighted by Crippen LogP contribution is 2.33. The van der Waals surface area contributed by atoms with Crippen LogP contribution in [0.4, 0.5) is 4.79 Å². The highest BCUT2D eigenvalue weighted by molar-refractivity contribution is 5.75. The highest BCUT2D eigenvalue weighted by atomic mass is 16.4. The van der Waals surface area contributed by atoms with Gasteiger partial charge in [0.1, 0.15) is 0 Å². The van der Waals surface area contributed by atoms with E-state index in [1.165, 1.54) is 0 Å². The van der Waals surface area contributed by atoms with E-state index in [2.05, 4.69) is 12.2 Å². The van der Waals surface area contributed by atoms with E-state index >= 15 is 0 Å². The topological polar surface area (TPSA) is 69.6 Å². The van der Waals surface area contributed by atoms with E-state index in [4.69, 9.17) is 5.11 Å². The van der Waals surface area contributed by atoms with Crippen LogP contribution in [-0.2, 0) is 4.79 Å². The Balaban J connectivity index is 1.72. The van der Waals surface area contributed by atoms with Crippen molar-refractivity contribution in [2.24, 2.45) is 11.8 Å². The minimum absolute atomic E-state index is 0.0150. The predicted molar refractivity (Wildman–Crippen MR) is 62.7 cm³/mol. The van der Waals surface area contributed by atoms with Gasteiger partial charge in [0.15, 0.2) is 0 Å². The molecule has 5 nitrogen and oxygen atoms in total. The lowest BCUT2D eigenvalue weighted by molar-refractivity contribution is -0.138. The van der Waals surface area contributed by atoms with Gasteiger partial charge in [-0.25, -0.2) is 4.79 Å². The van der Waals surface area contributed by atoms with Gasteiger partial charge in [-0.1, -0.05) is 13.3 Å². The van der Waals surface area contributed by atoms with Crippen molar-refractivity contribution in [3.05, 3.63) is 0 Å². The van der Waals surface area contributed by atoms with Gasteiger partial charge >= 0.3 is 12.0 Å². The molecule has 0 aromatic rings. The zero-order valence-electron chi connectivity index (χ0n) is 10.2. The van der Waals surface area contributed by atoms with Crippen molar-refractivity contribution < 1.29 is 14.7 Å². The Labute approximate surface area is 101 Å². The van der Waals surface area contributed by atoms with Crippen LogP contribution in [0.25, 0.3) is 0 Å². The van der Waals surface area contributed by atoms with Crippen LogP contribution < -0.4 is 5.32 Å². The first kappa shape index (κ1) is 12.2. The third kappa shape index (κ3) is 3.11. The molecule has 2 aliphatic rings. The van der Waals surface area contributed by atoms with Crippen LogP contribution in [0, 0.1) is 11.8 Å². The average Bonchev–Trinajstić information content (AvgIpc) is 2.85. The van der Waals surface area contributed by atoms with Crippen molar-refractivity contribution in [1.29, 1.82) is 0 Å². The summed E-state index contributed by atoms with van der Waals surface area (Å²) in [6.07, 6.45) is 3.19. The van der Waals surface area contributed by atoms with Gasteiger partial charge in [-0.2, -0.15) is 0 Å². The summed E-state index contributed by atoms with van der Waals surface area (Å²) in [4.78, 5) is 24.2. The molecule has 2 N–H and O–H groups in total. The fraction of sp³-hybridized carbons (Fsp3) is 0.833. The van der Waals surface area contributed by atoms with Crippen molar-refractivity contribution in [2.75, 3.05) is 13.1 Å². The Morgan fingerprint density at radius 3 is 2.82 bits per heavy atom. The molecule has 1 heterocycles.